The zero-order valence-corrected chi connectivity index (χ0v) is 25.6. The van der Waals surface area contributed by atoms with Crippen molar-refractivity contribution in [2.75, 3.05) is 20.2 Å². The van der Waals surface area contributed by atoms with Gasteiger partial charge in [-0.1, -0.05) is 54.1 Å². The van der Waals surface area contributed by atoms with Gasteiger partial charge in [-0.2, -0.15) is 0 Å². The van der Waals surface area contributed by atoms with Crippen LogP contribution in [-0.4, -0.2) is 51.1 Å². The maximum atomic E-state index is 16.8. The number of nitrogens with two attached hydrogens (primary N) is 1. The van der Waals surface area contributed by atoms with Crippen molar-refractivity contribution in [3.8, 4) is 5.75 Å². The first kappa shape index (κ1) is 30.8. The highest BCUT2D eigenvalue weighted by molar-refractivity contribution is 9.10. The summed E-state index contributed by atoms with van der Waals surface area (Å²) in [4.78, 5) is 23.4. The highest BCUT2D eigenvalue weighted by Crippen LogP contribution is 2.51. The molecule has 1 amide bonds. The van der Waals surface area contributed by atoms with Crippen LogP contribution in [0.5, 0.6) is 5.75 Å². The van der Waals surface area contributed by atoms with Gasteiger partial charge in [0.05, 0.1) is 16.5 Å². The molecule has 2 fully saturated rings. The number of benzene rings is 3. The van der Waals surface area contributed by atoms with Gasteiger partial charge in [0.15, 0.2) is 0 Å². The van der Waals surface area contributed by atoms with Crippen LogP contribution in [0.15, 0.2) is 70.0 Å². The van der Waals surface area contributed by atoms with Crippen LogP contribution in [0.3, 0.4) is 0 Å². The molecular formula is C30H34BrF2N3O5S. The third-order valence-electron chi connectivity index (χ3n) is 8.36. The van der Waals surface area contributed by atoms with E-state index in [0.29, 0.717) is 35.5 Å². The van der Waals surface area contributed by atoms with Gasteiger partial charge in [-0.3, -0.25) is 9.63 Å². The molecule has 1 saturated heterocycles. The lowest BCUT2D eigenvalue weighted by molar-refractivity contribution is -0.203. The van der Waals surface area contributed by atoms with Crippen molar-refractivity contribution < 1.29 is 31.6 Å². The maximum Gasteiger partial charge on any atom is 0.287 e. The number of carbonyl (C=O) groups is 1. The van der Waals surface area contributed by atoms with Crippen molar-refractivity contribution >= 4 is 42.6 Å². The molecule has 1 heterocycles. The molecule has 3 N–H and O–H groups in total. The molecule has 226 valence electrons. The van der Waals surface area contributed by atoms with Crippen LogP contribution in [0, 0.1) is 5.92 Å². The summed E-state index contributed by atoms with van der Waals surface area (Å²) >= 11 is 3.29. The molecule has 2 aliphatic rings. The van der Waals surface area contributed by atoms with Gasteiger partial charge in [0, 0.05) is 24.7 Å². The number of halogens is 3. The average molecular weight is 667 g/mol. The highest BCUT2D eigenvalue weighted by Gasteiger charge is 2.61. The van der Waals surface area contributed by atoms with E-state index in [-0.39, 0.29) is 42.6 Å². The van der Waals surface area contributed by atoms with E-state index in [1.165, 1.54) is 42.3 Å². The number of amides is 1. The summed E-state index contributed by atoms with van der Waals surface area (Å²) in [5, 5.41) is 1.55. The Morgan fingerprint density at radius 1 is 1.07 bits per heavy atom. The number of sulfonamides is 1. The molecule has 5 rings (SSSR count). The summed E-state index contributed by atoms with van der Waals surface area (Å²) in [6.07, 6.45) is 2.09. The number of likely N-dealkylation sites (tertiary alicyclic amines) is 1. The summed E-state index contributed by atoms with van der Waals surface area (Å²) < 4.78 is 66.0. The zero-order chi connectivity index (χ0) is 30.1. The molecule has 12 heteroatoms. The normalized spacial score (nSPS) is 18.7. The standard InChI is InChI=1S/C30H34BrF2N3O5S/c1-40-26-19-22(9-11-25(26)31)30(32,33)27(28(37)36-16-12-23(34)13-17-36)29(14-4-5-15-29)41-35-42(38,39)24-10-8-20-6-2-3-7-21(20)18-24/h2-3,6-11,18-19,23,27,35H,4-5,12-17,34H2,1H3. The molecule has 1 unspecified atom stereocenters. The number of hydrogen-bond donors (Lipinski definition) is 2. The largest absolute Gasteiger partial charge is 0.496 e. The van der Waals surface area contributed by atoms with Gasteiger partial charge in [-0.05, 0) is 76.7 Å². The average Bonchev–Trinajstić information content (AvgIpc) is 3.45. The Kier molecular flexibility index (Phi) is 8.92. The number of methoxy groups -OCH3 is 1. The van der Waals surface area contributed by atoms with E-state index < -0.39 is 38.9 Å². The number of piperidine rings is 1. The number of nitrogens with zero attached hydrogens (tertiary/aromatic N) is 1. The number of carbonyl (C=O) groups excluding carboxylic acids is 1. The van der Waals surface area contributed by atoms with E-state index in [4.69, 9.17) is 15.3 Å². The Labute approximate surface area is 252 Å². The number of ether oxygens (including phenoxy) is 1. The lowest BCUT2D eigenvalue weighted by Gasteiger charge is -2.43. The third kappa shape index (κ3) is 6.05. The highest BCUT2D eigenvalue weighted by atomic mass is 79.9. The van der Waals surface area contributed by atoms with E-state index in [2.05, 4.69) is 20.8 Å². The fourth-order valence-electron chi connectivity index (χ4n) is 5.99. The molecule has 8 nitrogen and oxygen atoms in total. The minimum Gasteiger partial charge on any atom is -0.496 e. The maximum absolute atomic E-state index is 16.8. The second-order valence-electron chi connectivity index (χ2n) is 11.0. The molecule has 0 spiro atoms. The molecule has 0 aromatic heterocycles. The third-order valence-corrected chi connectivity index (χ3v) is 10.2. The van der Waals surface area contributed by atoms with Crippen molar-refractivity contribution in [2.45, 2.75) is 61.0 Å². The molecular weight excluding hydrogens is 632 g/mol. The van der Waals surface area contributed by atoms with Crippen LogP contribution in [0.25, 0.3) is 10.8 Å². The van der Waals surface area contributed by atoms with Crippen LogP contribution in [0.4, 0.5) is 8.78 Å². The van der Waals surface area contributed by atoms with Gasteiger partial charge in [-0.25, -0.2) is 17.2 Å². The van der Waals surface area contributed by atoms with E-state index in [9.17, 15) is 13.2 Å². The summed E-state index contributed by atoms with van der Waals surface area (Å²) in [6, 6.07) is 15.6. The topological polar surface area (TPSA) is 111 Å². The van der Waals surface area contributed by atoms with Gasteiger partial charge < -0.3 is 15.4 Å². The van der Waals surface area contributed by atoms with Gasteiger partial charge in [-0.15, -0.1) is 0 Å². The van der Waals surface area contributed by atoms with Crippen molar-refractivity contribution in [2.24, 2.45) is 11.7 Å². The molecule has 3 aromatic rings. The van der Waals surface area contributed by atoms with Gasteiger partial charge in [0.2, 0.25) is 5.91 Å². The Balaban J connectivity index is 1.53. The quantitative estimate of drug-likeness (QED) is 0.293. The predicted molar refractivity (Wildman–Crippen MR) is 158 cm³/mol. The molecule has 42 heavy (non-hydrogen) atoms. The molecule has 3 aromatic carbocycles. The summed E-state index contributed by atoms with van der Waals surface area (Å²) in [5.74, 6) is -6.35. The second-order valence-corrected chi connectivity index (χ2v) is 13.5. The monoisotopic (exact) mass is 665 g/mol. The first-order valence-corrected chi connectivity index (χ1v) is 16.2. The van der Waals surface area contributed by atoms with Crippen LogP contribution in [-0.2, 0) is 25.6 Å². The Morgan fingerprint density at radius 2 is 1.74 bits per heavy atom. The lowest BCUT2D eigenvalue weighted by Crippen LogP contribution is -2.58. The Morgan fingerprint density at radius 3 is 2.40 bits per heavy atom. The van der Waals surface area contributed by atoms with Gasteiger partial charge in [0.1, 0.15) is 17.3 Å². The summed E-state index contributed by atoms with van der Waals surface area (Å²) in [5.41, 5.74) is 3.79. The van der Waals surface area contributed by atoms with Crippen molar-refractivity contribution in [3.05, 3.63) is 70.7 Å². The Bertz CT molecular complexity index is 1560. The van der Waals surface area contributed by atoms with Crippen LogP contribution in [0.1, 0.15) is 44.1 Å². The number of fused-ring (bicyclic) bond motifs is 1. The van der Waals surface area contributed by atoms with Crippen molar-refractivity contribution in [3.63, 3.8) is 0 Å². The van der Waals surface area contributed by atoms with E-state index in [1.54, 1.807) is 18.2 Å². The number of alkyl halides is 2. The fraction of sp³-hybridized carbons (Fsp3) is 0.433. The van der Waals surface area contributed by atoms with E-state index in [1.807, 2.05) is 12.1 Å². The molecule has 1 saturated carbocycles. The predicted octanol–water partition coefficient (Wildman–Crippen LogP) is 5.49. The number of nitrogens with one attached hydrogen (secondary N) is 1. The van der Waals surface area contributed by atoms with Crippen LogP contribution in [0.2, 0.25) is 0 Å². The van der Waals surface area contributed by atoms with E-state index in [0.717, 1.165) is 5.39 Å². The van der Waals surface area contributed by atoms with E-state index >= 15 is 8.78 Å². The first-order valence-electron chi connectivity index (χ1n) is 13.9. The van der Waals surface area contributed by atoms with Crippen LogP contribution < -0.4 is 15.4 Å². The Hall–Kier alpha value is -2.64. The molecule has 0 bridgehead atoms. The molecule has 0 radical (unpaired) electrons. The molecule has 1 atom stereocenters. The minimum absolute atomic E-state index is 0.0697. The first-order chi connectivity index (χ1) is 20.0. The van der Waals surface area contributed by atoms with Crippen LogP contribution >= 0.6 is 15.9 Å². The lowest BCUT2D eigenvalue weighted by atomic mass is 9.77. The number of rotatable bonds is 9. The molecule has 1 aliphatic carbocycles. The number of hydrogen-bond acceptors (Lipinski definition) is 6. The smallest absolute Gasteiger partial charge is 0.287 e. The van der Waals surface area contributed by atoms with Crippen molar-refractivity contribution in [1.29, 1.82) is 0 Å². The summed E-state index contributed by atoms with van der Waals surface area (Å²) in [6.45, 7) is 0.463. The van der Waals surface area contributed by atoms with Gasteiger partial charge >= 0.3 is 0 Å². The molecule has 1 aliphatic heterocycles. The second kappa shape index (κ2) is 12.2. The van der Waals surface area contributed by atoms with Crippen molar-refractivity contribution in [1.82, 2.24) is 9.79 Å². The summed E-state index contributed by atoms with van der Waals surface area (Å²) in [7, 11) is -2.91. The SMILES string of the molecule is COc1cc(C(F)(F)C(C(=O)N2CCC(N)CC2)C2(ONS(=O)(=O)c3ccc4ccccc4c3)CCCC2)ccc1Br. The minimum atomic E-state index is -4.28. The fourth-order valence-corrected chi connectivity index (χ4v) is 7.30. The zero-order valence-electron chi connectivity index (χ0n) is 23.2. The van der Waals surface area contributed by atoms with Gasteiger partial charge in [0.25, 0.3) is 15.9 Å².